The summed E-state index contributed by atoms with van der Waals surface area (Å²) in [4.78, 5) is 9.59. The number of rotatable bonds is 3. The van der Waals surface area contributed by atoms with Gasteiger partial charge in [-0.05, 0) is 24.8 Å². The standard InChI is InChI=1S/C7H9O2/c8-6-9-5-7-3-1-2-4-7/h3H,1-2,4-5H2. The van der Waals surface area contributed by atoms with Crippen molar-refractivity contribution in [1.82, 2.24) is 0 Å². The molecule has 49 valence electrons. The van der Waals surface area contributed by atoms with Crippen molar-refractivity contribution in [3.05, 3.63) is 11.6 Å². The summed E-state index contributed by atoms with van der Waals surface area (Å²) < 4.78 is 4.44. The first kappa shape index (κ1) is 6.33. The van der Waals surface area contributed by atoms with Crippen LogP contribution < -0.4 is 0 Å². The highest BCUT2D eigenvalue weighted by atomic mass is 16.5. The molecule has 0 aromatic heterocycles. The summed E-state index contributed by atoms with van der Waals surface area (Å²) in [5.74, 6) is 0. The lowest BCUT2D eigenvalue weighted by molar-refractivity contribution is 0.303. The van der Waals surface area contributed by atoms with E-state index in [1.165, 1.54) is 18.5 Å². The van der Waals surface area contributed by atoms with Crippen LogP contribution in [0.5, 0.6) is 0 Å². The SMILES string of the molecule is O=[C]OCC1=CCCC1. The van der Waals surface area contributed by atoms with Crippen molar-refractivity contribution in [2.24, 2.45) is 0 Å². The van der Waals surface area contributed by atoms with Gasteiger partial charge in [-0.15, -0.1) is 0 Å². The fraction of sp³-hybridized carbons (Fsp3) is 0.571. The molecular weight excluding hydrogens is 116 g/mol. The Morgan fingerprint density at radius 1 is 1.78 bits per heavy atom. The number of hydrogen-bond acceptors (Lipinski definition) is 2. The molecule has 0 heterocycles. The molecule has 0 saturated carbocycles. The van der Waals surface area contributed by atoms with Crippen LogP contribution >= 0.6 is 0 Å². The maximum Gasteiger partial charge on any atom is 0.417 e. The van der Waals surface area contributed by atoms with Gasteiger partial charge in [0.1, 0.15) is 6.61 Å². The van der Waals surface area contributed by atoms with E-state index >= 15 is 0 Å². The van der Waals surface area contributed by atoms with Crippen LogP contribution in [-0.2, 0) is 9.53 Å². The minimum absolute atomic E-state index is 0.448. The molecule has 0 N–H and O–H groups in total. The molecule has 0 saturated heterocycles. The molecule has 2 nitrogen and oxygen atoms in total. The maximum absolute atomic E-state index is 9.59. The summed E-state index contributed by atoms with van der Waals surface area (Å²) in [7, 11) is 0. The summed E-state index contributed by atoms with van der Waals surface area (Å²) in [6, 6.07) is 0. The molecule has 0 unspecified atom stereocenters. The molecule has 0 aromatic rings. The van der Waals surface area contributed by atoms with Gasteiger partial charge in [-0.3, -0.25) is 0 Å². The van der Waals surface area contributed by atoms with Crippen LogP contribution in [0.15, 0.2) is 11.6 Å². The molecule has 9 heavy (non-hydrogen) atoms. The van der Waals surface area contributed by atoms with Gasteiger partial charge in [0.25, 0.3) is 0 Å². The van der Waals surface area contributed by atoms with Crippen molar-refractivity contribution in [2.75, 3.05) is 6.61 Å². The Morgan fingerprint density at radius 3 is 3.22 bits per heavy atom. The lowest BCUT2D eigenvalue weighted by Gasteiger charge is -1.95. The van der Waals surface area contributed by atoms with Crippen LogP contribution in [0, 0.1) is 0 Å². The first-order valence-corrected chi connectivity index (χ1v) is 3.10. The van der Waals surface area contributed by atoms with Gasteiger partial charge in [-0.25, -0.2) is 4.79 Å². The third-order valence-electron chi connectivity index (χ3n) is 1.45. The molecule has 0 aliphatic heterocycles. The zero-order valence-corrected chi connectivity index (χ0v) is 5.22. The van der Waals surface area contributed by atoms with Crippen molar-refractivity contribution in [2.45, 2.75) is 19.3 Å². The lowest BCUT2D eigenvalue weighted by Crippen LogP contribution is -1.92. The number of ether oxygens (including phenoxy) is 1. The Balaban J connectivity index is 2.18. The third-order valence-corrected chi connectivity index (χ3v) is 1.45. The highest BCUT2D eigenvalue weighted by Gasteiger charge is 2.03. The Kier molecular flexibility index (Phi) is 2.31. The van der Waals surface area contributed by atoms with E-state index in [2.05, 4.69) is 10.8 Å². The van der Waals surface area contributed by atoms with Crippen molar-refractivity contribution in [3.8, 4) is 0 Å². The molecule has 1 radical (unpaired) electrons. The van der Waals surface area contributed by atoms with Gasteiger partial charge in [0.05, 0.1) is 0 Å². The normalized spacial score (nSPS) is 17.1. The molecule has 0 fully saturated rings. The minimum atomic E-state index is 0.448. The monoisotopic (exact) mass is 125 g/mol. The van der Waals surface area contributed by atoms with E-state index in [9.17, 15) is 4.79 Å². The number of hydrogen-bond donors (Lipinski definition) is 0. The van der Waals surface area contributed by atoms with Crippen molar-refractivity contribution in [3.63, 3.8) is 0 Å². The first-order chi connectivity index (χ1) is 4.43. The highest BCUT2D eigenvalue weighted by molar-refractivity contribution is 5.38. The summed E-state index contributed by atoms with van der Waals surface area (Å²) in [6.07, 6.45) is 5.55. The van der Waals surface area contributed by atoms with Gasteiger partial charge in [0.2, 0.25) is 0 Å². The second kappa shape index (κ2) is 3.28. The predicted molar refractivity (Wildman–Crippen MR) is 33.6 cm³/mol. The maximum atomic E-state index is 9.59. The molecule has 0 bridgehead atoms. The molecule has 1 rings (SSSR count). The van der Waals surface area contributed by atoms with Gasteiger partial charge >= 0.3 is 6.47 Å². The molecule has 0 atom stereocenters. The predicted octanol–water partition coefficient (Wildman–Crippen LogP) is 1.18. The smallest absolute Gasteiger partial charge is 0.417 e. The molecule has 0 aromatic carbocycles. The molecule has 0 amide bonds. The van der Waals surface area contributed by atoms with Gasteiger partial charge in [0, 0.05) is 0 Å². The highest BCUT2D eigenvalue weighted by Crippen LogP contribution is 2.16. The van der Waals surface area contributed by atoms with Crippen LogP contribution in [0.3, 0.4) is 0 Å². The fourth-order valence-corrected chi connectivity index (χ4v) is 0.991. The zero-order chi connectivity index (χ0) is 6.53. The van der Waals surface area contributed by atoms with Crippen LogP contribution in [0.1, 0.15) is 19.3 Å². The third kappa shape index (κ3) is 1.88. The largest absolute Gasteiger partial charge is 0.453 e. The summed E-state index contributed by atoms with van der Waals surface area (Å²) in [5, 5.41) is 0. The van der Waals surface area contributed by atoms with E-state index in [4.69, 9.17) is 0 Å². The van der Waals surface area contributed by atoms with Crippen LogP contribution in [0.25, 0.3) is 0 Å². The summed E-state index contributed by atoms with van der Waals surface area (Å²) in [6.45, 7) is 1.85. The zero-order valence-electron chi connectivity index (χ0n) is 5.22. The van der Waals surface area contributed by atoms with Crippen molar-refractivity contribution < 1.29 is 9.53 Å². The van der Waals surface area contributed by atoms with Crippen LogP contribution in [-0.4, -0.2) is 13.1 Å². The first-order valence-electron chi connectivity index (χ1n) is 3.10. The Bertz CT molecular complexity index is 127. The Hall–Kier alpha value is -0.790. The molecule has 1 aliphatic carbocycles. The molecule has 0 spiro atoms. The molecular formula is C7H9O2. The van der Waals surface area contributed by atoms with Gasteiger partial charge in [0.15, 0.2) is 0 Å². The molecule has 1 aliphatic rings. The quantitative estimate of drug-likeness (QED) is 0.529. The lowest BCUT2D eigenvalue weighted by atomic mass is 10.2. The van der Waals surface area contributed by atoms with Gasteiger partial charge < -0.3 is 4.74 Å². The number of carbonyl (C=O) groups excluding carboxylic acids is 1. The van der Waals surface area contributed by atoms with E-state index in [0.717, 1.165) is 12.8 Å². The molecule has 2 heteroatoms. The Morgan fingerprint density at radius 2 is 2.67 bits per heavy atom. The van der Waals surface area contributed by atoms with Crippen LogP contribution in [0.4, 0.5) is 0 Å². The average molecular weight is 125 g/mol. The van der Waals surface area contributed by atoms with Gasteiger partial charge in [-0.1, -0.05) is 6.08 Å². The second-order valence-corrected chi connectivity index (χ2v) is 2.13. The van der Waals surface area contributed by atoms with E-state index in [0.29, 0.717) is 6.61 Å². The van der Waals surface area contributed by atoms with Gasteiger partial charge in [-0.2, -0.15) is 0 Å². The fourth-order valence-electron chi connectivity index (χ4n) is 0.991. The van der Waals surface area contributed by atoms with E-state index in [-0.39, 0.29) is 0 Å². The minimum Gasteiger partial charge on any atom is -0.453 e. The second-order valence-electron chi connectivity index (χ2n) is 2.13. The Labute approximate surface area is 54.5 Å². The summed E-state index contributed by atoms with van der Waals surface area (Å²) in [5.41, 5.74) is 1.23. The number of allylic oxidation sites excluding steroid dienone is 1. The van der Waals surface area contributed by atoms with Crippen LogP contribution in [0.2, 0.25) is 0 Å². The van der Waals surface area contributed by atoms with E-state index in [1.54, 1.807) is 0 Å². The average Bonchev–Trinajstić information content (AvgIpc) is 2.34. The topological polar surface area (TPSA) is 26.3 Å². The van der Waals surface area contributed by atoms with E-state index < -0.39 is 0 Å². The van der Waals surface area contributed by atoms with Crippen molar-refractivity contribution >= 4 is 6.47 Å². The van der Waals surface area contributed by atoms with Crippen molar-refractivity contribution in [1.29, 1.82) is 0 Å². The van der Waals surface area contributed by atoms with E-state index in [1.807, 2.05) is 0 Å². The summed E-state index contributed by atoms with van der Waals surface area (Å²) >= 11 is 0.